The molecular formula is C20H26N4O2S. The molecule has 2 heterocycles. The van der Waals surface area contributed by atoms with Crippen molar-refractivity contribution in [3.63, 3.8) is 0 Å². The molecule has 0 atom stereocenters. The first-order valence-corrected chi connectivity index (χ1v) is 10.2. The van der Waals surface area contributed by atoms with Gasteiger partial charge in [-0.25, -0.2) is 4.98 Å². The van der Waals surface area contributed by atoms with Gasteiger partial charge in [0, 0.05) is 18.7 Å². The summed E-state index contributed by atoms with van der Waals surface area (Å²) in [6, 6.07) is 7.94. The fourth-order valence-corrected chi connectivity index (χ4v) is 4.10. The Hall–Kier alpha value is -2.41. The fraction of sp³-hybridized carbons (Fsp3) is 0.450. The van der Waals surface area contributed by atoms with Crippen LogP contribution in [0.2, 0.25) is 0 Å². The van der Waals surface area contributed by atoms with Gasteiger partial charge in [-0.05, 0) is 45.4 Å². The third-order valence-electron chi connectivity index (χ3n) is 4.31. The number of ether oxygens (including phenoxy) is 1. The zero-order valence-corrected chi connectivity index (χ0v) is 17.2. The van der Waals surface area contributed by atoms with E-state index in [0.29, 0.717) is 26.1 Å². The highest BCUT2D eigenvalue weighted by Gasteiger charge is 2.20. The number of thiazole rings is 1. The van der Waals surface area contributed by atoms with Crippen molar-refractivity contribution in [2.45, 2.75) is 47.1 Å². The van der Waals surface area contributed by atoms with Gasteiger partial charge < -0.3 is 4.74 Å². The average molecular weight is 387 g/mol. The summed E-state index contributed by atoms with van der Waals surface area (Å²) in [6.07, 6.45) is 1.32. The highest BCUT2D eigenvalue weighted by molar-refractivity contribution is 7.22. The van der Waals surface area contributed by atoms with Crippen molar-refractivity contribution in [3.05, 3.63) is 35.7 Å². The Balaban J connectivity index is 1.90. The maximum atomic E-state index is 12.8. The lowest BCUT2D eigenvalue weighted by molar-refractivity contribution is -0.118. The third kappa shape index (κ3) is 4.30. The normalized spacial score (nSPS) is 11.1. The number of hydrogen-bond donors (Lipinski definition) is 0. The van der Waals surface area contributed by atoms with Crippen molar-refractivity contribution in [3.8, 4) is 5.75 Å². The van der Waals surface area contributed by atoms with Crippen LogP contribution >= 0.6 is 11.3 Å². The molecule has 0 aliphatic carbocycles. The van der Waals surface area contributed by atoms with Crippen LogP contribution in [0.15, 0.2) is 24.3 Å². The Morgan fingerprint density at radius 2 is 2.11 bits per heavy atom. The van der Waals surface area contributed by atoms with Crippen LogP contribution in [0.5, 0.6) is 5.75 Å². The second-order valence-corrected chi connectivity index (χ2v) is 7.49. The maximum Gasteiger partial charge on any atom is 0.228 e. The highest BCUT2D eigenvalue weighted by Crippen LogP contribution is 2.34. The predicted octanol–water partition coefficient (Wildman–Crippen LogP) is 4.34. The number of amides is 1. The smallest absolute Gasteiger partial charge is 0.228 e. The van der Waals surface area contributed by atoms with E-state index in [2.05, 4.69) is 5.10 Å². The lowest BCUT2D eigenvalue weighted by Crippen LogP contribution is -2.34. The lowest BCUT2D eigenvalue weighted by atomic mass is 10.3. The lowest BCUT2D eigenvalue weighted by Gasteiger charge is -2.20. The van der Waals surface area contributed by atoms with Gasteiger partial charge in [-0.15, -0.1) is 0 Å². The summed E-state index contributed by atoms with van der Waals surface area (Å²) in [5.41, 5.74) is 2.90. The third-order valence-corrected chi connectivity index (χ3v) is 5.35. The number of carbonyl (C=O) groups is 1. The van der Waals surface area contributed by atoms with E-state index >= 15 is 0 Å². The van der Waals surface area contributed by atoms with E-state index in [4.69, 9.17) is 9.72 Å². The first-order chi connectivity index (χ1) is 13.0. The quantitative estimate of drug-likeness (QED) is 0.578. The Morgan fingerprint density at radius 3 is 2.78 bits per heavy atom. The SMILES string of the molecule is CCCC(=O)N(CCn1nc(C)cc1C)c1nc2c(OCC)cccc2s1. The minimum absolute atomic E-state index is 0.0936. The molecule has 0 aliphatic rings. The zero-order valence-electron chi connectivity index (χ0n) is 16.4. The average Bonchev–Trinajstić information content (AvgIpc) is 3.19. The molecule has 0 radical (unpaired) electrons. The van der Waals surface area contributed by atoms with Gasteiger partial charge in [0.05, 0.1) is 23.5 Å². The van der Waals surface area contributed by atoms with Gasteiger partial charge >= 0.3 is 0 Å². The van der Waals surface area contributed by atoms with E-state index < -0.39 is 0 Å². The Bertz CT molecular complexity index is 931. The van der Waals surface area contributed by atoms with E-state index in [-0.39, 0.29) is 5.91 Å². The van der Waals surface area contributed by atoms with Gasteiger partial charge in [0.15, 0.2) is 5.13 Å². The summed E-state index contributed by atoms with van der Waals surface area (Å²) in [6.45, 7) is 9.76. The van der Waals surface area contributed by atoms with Crippen LogP contribution < -0.4 is 9.64 Å². The van der Waals surface area contributed by atoms with Gasteiger partial charge in [0.2, 0.25) is 5.91 Å². The molecule has 0 bridgehead atoms. The van der Waals surface area contributed by atoms with Crippen LogP contribution in [0.4, 0.5) is 5.13 Å². The van der Waals surface area contributed by atoms with Crippen LogP contribution in [-0.2, 0) is 11.3 Å². The number of carbonyl (C=O) groups excluding carboxylic acids is 1. The second-order valence-electron chi connectivity index (χ2n) is 6.48. The minimum atomic E-state index is 0.0936. The second kappa shape index (κ2) is 8.52. The van der Waals surface area contributed by atoms with E-state index in [0.717, 1.165) is 38.9 Å². The Morgan fingerprint density at radius 1 is 1.30 bits per heavy atom. The van der Waals surface area contributed by atoms with Gasteiger partial charge in [-0.2, -0.15) is 5.10 Å². The van der Waals surface area contributed by atoms with E-state index in [1.54, 1.807) is 4.90 Å². The number of benzene rings is 1. The molecule has 2 aromatic heterocycles. The summed E-state index contributed by atoms with van der Waals surface area (Å²) >= 11 is 1.53. The molecule has 144 valence electrons. The van der Waals surface area contributed by atoms with Crippen LogP contribution in [0.1, 0.15) is 38.1 Å². The number of anilines is 1. The minimum Gasteiger partial charge on any atom is -0.492 e. The molecular weight excluding hydrogens is 360 g/mol. The molecule has 6 nitrogen and oxygen atoms in total. The van der Waals surface area contributed by atoms with Crippen LogP contribution in [0.25, 0.3) is 10.2 Å². The molecule has 0 spiro atoms. The molecule has 27 heavy (non-hydrogen) atoms. The topological polar surface area (TPSA) is 60.2 Å². The zero-order chi connectivity index (χ0) is 19.4. The molecule has 0 aliphatic heterocycles. The predicted molar refractivity (Wildman–Crippen MR) is 110 cm³/mol. The molecule has 0 N–H and O–H groups in total. The maximum absolute atomic E-state index is 12.8. The summed E-state index contributed by atoms with van der Waals surface area (Å²) in [5, 5.41) is 5.22. The molecule has 1 amide bonds. The number of aromatic nitrogens is 3. The number of para-hydroxylation sites is 1. The van der Waals surface area contributed by atoms with E-state index in [1.165, 1.54) is 11.3 Å². The standard InChI is InChI=1S/C20H26N4O2S/c1-5-8-18(25)23(11-12-24-15(4)13-14(3)22-24)20-21-19-16(26-6-2)9-7-10-17(19)27-20/h7,9-10,13H,5-6,8,11-12H2,1-4H3. The highest BCUT2D eigenvalue weighted by atomic mass is 32.1. The van der Waals surface area contributed by atoms with E-state index in [9.17, 15) is 4.79 Å². The van der Waals surface area contributed by atoms with Gasteiger partial charge in [0.1, 0.15) is 11.3 Å². The van der Waals surface area contributed by atoms with Crippen molar-refractivity contribution in [2.75, 3.05) is 18.1 Å². The number of aryl methyl sites for hydroxylation is 2. The van der Waals surface area contributed by atoms with Crippen molar-refractivity contribution in [2.24, 2.45) is 0 Å². The van der Waals surface area contributed by atoms with Gasteiger partial charge in [-0.1, -0.05) is 24.3 Å². The van der Waals surface area contributed by atoms with Crippen LogP contribution in [0, 0.1) is 13.8 Å². The largest absolute Gasteiger partial charge is 0.492 e. The summed E-state index contributed by atoms with van der Waals surface area (Å²) in [7, 11) is 0. The van der Waals surface area contributed by atoms with Crippen molar-refractivity contribution >= 4 is 32.6 Å². The fourth-order valence-electron chi connectivity index (χ4n) is 3.07. The Labute approximate surface area is 163 Å². The molecule has 0 fully saturated rings. The van der Waals surface area contributed by atoms with Gasteiger partial charge in [-0.3, -0.25) is 14.4 Å². The van der Waals surface area contributed by atoms with Crippen molar-refractivity contribution in [1.29, 1.82) is 0 Å². The van der Waals surface area contributed by atoms with Gasteiger partial charge in [0.25, 0.3) is 0 Å². The first-order valence-electron chi connectivity index (χ1n) is 9.37. The number of rotatable bonds is 8. The monoisotopic (exact) mass is 386 g/mol. The molecule has 3 rings (SSSR count). The van der Waals surface area contributed by atoms with Crippen molar-refractivity contribution in [1.82, 2.24) is 14.8 Å². The van der Waals surface area contributed by atoms with Crippen molar-refractivity contribution < 1.29 is 9.53 Å². The number of hydrogen-bond acceptors (Lipinski definition) is 5. The molecule has 1 aromatic carbocycles. The molecule has 7 heteroatoms. The first kappa shape index (κ1) is 19.4. The molecule has 3 aromatic rings. The molecule has 0 saturated carbocycles. The van der Waals surface area contributed by atoms with Crippen LogP contribution in [0.3, 0.4) is 0 Å². The van der Waals surface area contributed by atoms with E-state index in [1.807, 2.05) is 56.6 Å². The summed E-state index contributed by atoms with van der Waals surface area (Å²) in [4.78, 5) is 19.3. The Kier molecular flexibility index (Phi) is 6.11. The van der Waals surface area contributed by atoms with Crippen LogP contribution in [-0.4, -0.2) is 33.8 Å². The molecule has 0 saturated heterocycles. The molecule has 0 unspecified atom stereocenters. The summed E-state index contributed by atoms with van der Waals surface area (Å²) in [5.74, 6) is 0.856. The summed E-state index contributed by atoms with van der Waals surface area (Å²) < 4.78 is 8.66. The number of fused-ring (bicyclic) bond motifs is 1. The number of nitrogens with zero attached hydrogens (tertiary/aromatic N) is 4.